The second-order valence-corrected chi connectivity index (χ2v) is 6.86. The Kier molecular flexibility index (Phi) is 5.75. The van der Waals surface area contributed by atoms with Gasteiger partial charge < -0.3 is 14.6 Å². The van der Waals surface area contributed by atoms with Crippen LogP contribution in [-0.4, -0.2) is 33.5 Å². The van der Waals surface area contributed by atoms with E-state index in [9.17, 15) is 9.18 Å². The topological polar surface area (TPSA) is 69.0 Å². The van der Waals surface area contributed by atoms with Gasteiger partial charge in [-0.15, -0.1) is 10.2 Å². The summed E-state index contributed by atoms with van der Waals surface area (Å²) >= 11 is 1.25. The first kappa shape index (κ1) is 18.9. The molecule has 0 aliphatic rings. The van der Waals surface area contributed by atoms with E-state index in [1.165, 1.54) is 23.9 Å². The Bertz CT molecular complexity index is 974. The molecular weight excluding hydrogens is 367 g/mol. The van der Waals surface area contributed by atoms with Crippen LogP contribution in [0.3, 0.4) is 0 Å². The van der Waals surface area contributed by atoms with Crippen LogP contribution in [-0.2, 0) is 11.8 Å². The first-order valence-electron chi connectivity index (χ1n) is 8.20. The Morgan fingerprint density at radius 3 is 2.81 bits per heavy atom. The number of aryl methyl sites for hydroxylation is 1. The Labute approximate surface area is 160 Å². The first-order valence-corrected chi connectivity index (χ1v) is 9.19. The minimum absolute atomic E-state index is 0.159. The van der Waals surface area contributed by atoms with Crippen LogP contribution in [0.5, 0.6) is 5.75 Å². The number of aromatic nitrogens is 3. The molecule has 0 saturated carbocycles. The van der Waals surface area contributed by atoms with Crippen LogP contribution >= 0.6 is 11.8 Å². The number of anilines is 1. The monoisotopic (exact) mass is 386 g/mol. The number of thioether (sulfide) groups is 1. The zero-order valence-electron chi connectivity index (χ0n) is 15.2. The number of nitrogens with zero attached hydrogens (tertiary/aromatic N) is 3. The van der Waals surface area contributed by atoms with Gasteiger partial charge in [-0.1, -0.05) is 30.0 Å². The number of amides is 1. The maximum absolute atomic E-state index is 13.4. The number of ether oxygens (including phenoxy) is 1. The second-order valence-electron chi connectivity index (χ2n) is 5.92. The van der Waals surface area contributed by atoms with Gasteiger partial charge in [0, 0.05) is 12.6 Å². The number of carbonyl (C=O) groups is 1. The average Bonchev–Trinajstić information content (AvgIpc) is 3.01. The van der Waals surface area contributed by atoms with E-state index < -0.39 is 0 Å². The van der Waals surface area contributed by atoms with Crippen molar-refractivity contribution in [3.05, 3.63) is 53.8 Å². The van der Waals surface area contributed by atoms with Crippen molar-refractivity contribution in [3.63, 3.8) is 0 Å². The van der Waals surface area contributed by atoms with E-state index in [-0.39, 0.29) is 17.5 Å². The lowest BCUT2D eigenvalue weighted by atomic mass is 10.2. The third-order valence-electron chi connectivity index (χ3n) is 3.88. The summed E-state index contributed by atoms with van der Waals surface area (Å²) in [5.41, 5.74) is 2.28. The molecule has 0 radical (unpaired) electrons. The molecule has 1 amide bonds. The number of halogens is 1. The molecule has 1 N–H and O–H groups in total. The predicted octanol–water partition coefficient (Wildman–Crippen LogP) is 3.67. The molecule has 0 atom stereocenters. The van der Waals surface area contributed by atoms with Crippen molar-refractivity contribution in [2.75, 3.05) is 18.2 Å². The maximum Gasteiger partial charge on any atom is 0.234 e. The largest absolute Gasteiger partial charge is 0.495 e. The van der Waals surface area contributed by atoms with Crippen LogP contribution in [0.15, 0.2) is 47.6 Å². The third-order valence-corrected chi connectivity index (χ3v) is 4.90. The molecule has 0 saturated heterocycles. The summed E-state index contributed by atoms with van der Waals surface area (Å²) in [5.74, 6) is 0.783. The highest BCUT2D eigenvalue weighted by atomic mass is 32.2. The lowest BCUT2D eigenvalue weighted by Crippen LogP contribution is -2.15. The van der Waals surface area contributed by atoms with Gasteiger partial charge in [0.05, 0.1) is 18.6 Å². The molecule has 0 fully saturated rings. The van der Waals surface area contributed by atoms with Crippen LogP contribution in [0.2, 0.25) is 0 Å². The van der Waals surface area contributed by atoms with Gasteiger partial charge in [-0.3, -0.25) is 4.79 Å². The van der Waals surface area contributed by atoms with E-state index in [2.05, 4.69) is 15.5 Å². The SMILES string of the molecule is COc1ccc(C)cc1NC(=O)CSc1nnc(-c2cccc(F)c2)n1C. The molecule has 140 valence electrons. The summed E-state index contributed by atoms with van der Waals surface area (Å²) in [6.45, 7) is 1.94. The smallest absolute Gasteiger partial charge is 0.234 e. The average molecular weight is 386 g/mol. The summed E-state index contributed by atoms with van der Waals surface area (Å²) in [7, 11) is 3.34. The molecule has 3 rings (SSSR count). The van der Waals surface area contributed by atoms with E-state index in [1.807, 2.05) is 25.1 Å². The van der Waals surface area contributed by atoms with Crippen LogP contribution in [0.4, 0.5) is 10.1 Å². The first-order chi connectivity index (χ1) is 13.0. The normalized spacial score (nSPS) is 10.7. The lowest BCUT2D eigenvalue weighted by molar-refractivity contribution is -0.113. The van der Waals surface area contributed by atoms with E-state index >= 15 is 0 Å². The second kappa shape index (κ2) is 8.22. The van der Waals surface area contributed by atoms with Gasteiger partial charge in [0.1, 0.15) is 11.6 Å². The highest BCUT2D eigenvalue weighted by molar-refractivity contribution is 7.99. The van der Waals surface area contributed by atoms with Crippen molar-refractivity contribution in [1.29, 1.82) is 0 Å². The van der Waals surface area contributed by atoms with Gasteiger partial charge in [-0.05, 0) is 36.8 Å². The number of hydrogen-bond donors (Lipinski definition) is 1. The highest BCUT2D eigenvalue weighted by Gasteiger charge is 2.14. The predicted molar refractivity (Wildman–Crippen MR) is 103 cm³/mol. The van der Waals surface area contributed by atoms with E-state index in [1.54, 1.807) is 30.9 Å². The van der Waals surface area contributed by atoms with Crippen LogP contribution < -0.4 is 10.1 Å². The summed E-state index contributed by atoms with van der Waals surface area (Å²) in [4.78, 5) is 12.3. The van der Waals surface area contributed by atoms with Gasteiger partial charge in [0.25, 0.3) is 0 Å². The Morgan fingerprint density at radius 2 is 2.07 bits per heavy atom. The molecular formula is C19H19FN4O2S. The quantitative estimate of drug-likeness (QED) is 0.655. The van der Waals surface area contributed by atoms with Crippen LogP contribution in [0.25, 0.3) is 11.4 Å². The number of carbonyl (C=O) groups excluding carboxylic acids is 1. The van der Waals surface area contributed by atoms with Gasteiger partial charge in [0.15, 0.2) is 11.0 Å². The molecule has 1 aromatic heterocycles. The fourth-order valence-corrected chi connectivity index (χ4v) is 3.27. The third kappa shape index (κ3) is 4.46. The molecule has 0 unspecified atom stereocenters. The molecule has 0 aliphatic heterocycles. The van der Waals surface area contributed by atoms with E-state index in [0.29, 0.717) is 28.0 Å². The van der Waals surface area contributed by atoms with Crippen molar-refractivity contribution in [3.8, 4) is 17.1 Å². The summed E-state index contributed by atoms with van der Waals surface area (Å²) in [5, 5.41) is 11.6. The number of benzene rings is 2. The van der Waals surface area contributed by atoms with E-state index in [0.717, 1.165) is 5.56 Å². The van der Waals surface area contributed by atoms with Gasteiger partial charge in [-0.25, -0.2) is 4.39 Å². The maximum atomic E-state index is 13.4. The van der Waals surface area contributed by atoms with Crippen molar-refractivity contribution in [2.24, 2.45) is 7.05 Å². The number of hydrogen-bond acceptors (Lipinski definition) is 5. The summed E-state index contributed by atoms with van der Waals surface area (Å²) < 4.78 is 20.4. The molecule has 0 spiro atoms. The molecule has 6 nitrogen and oxygen atoms in total. The Morgan fingerprint density at radius 1 is 1.26 bits per heavy atom. The molecule has 3 aromatic rings. The summed E-state index contributed by atoms with van der Waals surface area (Å²) in [6, 6.07) is 11.7. The molecule has 0 bridgehead atoms. The van der Waals surface area contributed by atoms with E-state index in [4.69, 9.17) is 4.74 Å². The Hall–Kier alpha value is -2.87. The van der Waals surface area contributed by atoms with Crippen molar-refractivity contribution in [1.82, 2.24) is 14.8 Å². The van der Waals surface area contributed by atoms with Gasteiger partial charge >= 0.3 is 0 Å². The minimum atomic E-state index is -0.337. The van der Waals surface area contributed by atoms with Crippen molar-refractivity contribution in [2.45, 2.75) is 12.1 Å². The van der Waals surface area contributed by atoms with Gasteiger partial charge in [0.2, 0.25) is 5.91 Å². The zero-order chi connectivity index (χ0) is 19.4. The van der Waals surface area contributed by atoms with Gasteiger partial charge in [-0.2, -0.15) is 0 Å². The molecule has 8 heteroatoms. The fraction of sp³-hybridized carbons (Fsp3) is 0.211. The lowest BCUT2D eigenvalue weighted by Gasteiger charge is -2.10. The minimum Gasteiger partial charge on any atom is -0.495 e. The van der Waals surface area contributed by atoms with Crippen molar-refractivity contribution < 1.29 is 13.9 Å². The molecule has 0 aliphatic carbocycles. The number of rotatable bonds is 6. The molecule has 2 aromatic carbocycles. The zero-order valence-corrected chi connectivity index (χ0v) is 16.0. The fourth-order valence-electron chi connectivity index (χ4n) is 2.56. The van der Waals surface area contributed by atoms with Crippen LogP contribution in [0, 0.1) is 12.7 Å². The summed E-state index contributed by atoms with van der Waals surface area (Å²) in [6.07, 6.45) is 0. The highest BCUT2D eigenvalue weighted by Crippen LogP contribution is 2.26. The molecule has 1 heterocycles. The number of methoxy groups -OCH3 is 1. The van der Waals surface area contributed by atoms with Crippen molar-refractivity contribution >= 4 is 23.4 Å². The number of nitrogens with one attached hydrogen (secondary N) is 1. The molecule has 27 heavy (non-hydrogen) atoms. The standard InChI is InChI=1S/C19H19FN4O2S/c1-12-7-8-16(26-3)15(9-12)21-17(25)11-27-19-23-22-18(24(19)2)13-5-4-6-14(20)10-13/h4-10H,11H2,1-3H3,(H,21,25). The Balaban J connectivity index is 1.67. The van der Waals surface area contributed by atoms with Crippen LogP contribution in [0.1, 0.15) is 5.56 Å².